The normalized spacial score (nSPS) is 13.1. The van der Waals surface area contributed by atoms with E-state index in [9.17, 15) is 0 Å². The molecule has 2 aromatic carbocycles. The van der Waals surface area contributed by atoms with E-state index >= 15 is 0 Å². The molecule has 1 aliphatic rings. The number of nitrogens with one attached hydrogen (secondary N) is 1. The Morgan fingerprint density at radius 2 is 1.86 bits per heavy atom. The summed E-state index contributed by atoms with van der Waals surface area (Å²) in [4.78, 5) is 0. The summed E-state index contributed by atoms with van der Waals surface area (Å²) in [6.45, 7) is 1.09. The number of hydrogen-bond acceptors (Lipinski definition) is 1. The Hall–Kier alpha value is -0.770. The fourth-order valence-corrected chi connectivity index (χ4v) is 2.09. The van der Waals surface area contributed by atoms with Crippen molar-refractivity contribution in [3.05, 3.63) is 42.0 Å². The number of rotatable bonds is 0. The van der Waals surface area contributed by atoms with E-state index in [1.807, 2.05) is 0 Å². The van der Waals surface area contributed by atoms with Crippen LogP contribution in [0.2, 0.25) is 0 Å². The molecule has 1 heterocycles. The van der Waals surface area contributed by atoms with Gasteiger partial charge in [0.2, 0.25) is 0 Å². The minimum atomic E-state index is 0. The van der Waals surface area contributed by atoms with Crippen molar-refractivity contribution in [2.24, 2.45) is 0 Å². The van der Waals surface area contributed by atoms with Gasteiger partial charge in [-0.1, -0.05) is 30.3 Å². The average molecular weight is 297 g/mol. The van der Waals surface area contributed by atoms with Gasteiger partial charge in [0.25, 0.3) is 0 Å². The lowest BCUT2D eigenvalue weighted by Gasteiger charge is -2.03. The van der Waals surface area contributed by atoms with Crippen molar-refractivity contribution < 1.29 is 0 Å². The van der Waals surface area contributed by atoms with Crippen molar-refractivity contribution in [3.8, 4) is 0 Å². The number of halogens is 1. The Labute approximate surface area is 101 Å². The lowest BCUT2D eigenvalue weighted by atomic mass is 10.0. The molecule has 0 fully saturated rings. The van der Waals surface area contributed by atoms with Crippen LogP contribution in [0.1, 0.15) is 5.56 Å². The zero-order valence-corrected chi connectivity index (χ0v) is 10.1. The maximum Gasteiger partial charge on any atom is 0.0379 e. The predicted octanol–water partition coefficient (Wildman–Crippen LogP) is 3.43. The molecule has 0 atom stereocenters. The highest BCUT2D eigenvalue weighted by atomic mass is 127. The van der Waals surface area contributed by atoms with E-state index in [1.54, 1.807) is 0 Å². The van der Waals surface area contributed by atoms with Crippen LogP contribution in [0, 0.1) is 0 Å². The molecule has 2 heteroatoms. The molecule has 3 rings (SSSR count). The molecule has 0 aliphatic carbocycles. The molecule has 0 radical (unpaired) electrons. The summed E-state index contributed by atoms with van der Waals surface area (Å²) in [5.41, 5.74) is 2.80. The van der Waals surface area contributed by atoms with Crippen LogP contribution >= 0.6 is 24.0 Å². The fraction of sp³-hybridized carbons (Fsp3) is 0.167. The lowest BCUT2D eigenvalue weighted by Crippen LogP contribution is -1.90. The van der Waals surface area contributed by atoms with Gasteiger partial charge in [0.1, 0.15) is 0 Å². The summed E-state index contributed by atoms with van der Waals surface area (Å²) >= 11 is 0. The minimum absolute atomic E-state index is 0. The largest absolute Gasteiger partial charge is 0.384 e. The van der Waals surface area contributed by atoms with Crippen molar-refractivity contribution in [2.45, 2.75) is 6.42 Å². The molecule has 0 saturated heterocycles. The molecule has 72 valence electrons. The fourth-order valence-electron chi connectivity index (χ4n) is 2.09. The molecule has 1 N–H and O–H groups in total. The van der Waals surface area contributed by atoms with Crippen LogP contribution in [0.4, 0.5) is 5.69 Å². The third kappa shape index (κ3) is 1.38. The van der Waals surface area contributed by atoms with Gasteiger partial charge in [0.15, 0.2) is 0 Å². The standard InChI is InChI=1S/C12H11N.HI/c1-2-4-10-9(3-1)5-6-12-11(10)7-8-13-12;/h1-6,13H,7-8H2;1H. The summed E-state index contributed by atoms with van der Waals surface area (Å²) in [6, 6.07) is 13.0. The first-order chi connectivity index (χ1) is 6.45. The molecule has 1 aliphatic heterocycles. The second kappa shape index (κ2) is 3.77. The van der Waals surface area contributed by atoms with E-state index in [1.165, 1.54) is 22.0 Å². The zero-order chi connectivity index (χ0) is 8.67. The van der Waals surface area contributed by atoms with Gasteiger partial charge in [0, 0.05) is 12.2 Å². The second-order valence-electron chi connectivity index (χ2n) is 3.49. The number of hydrogen-bond donors (Lipinski definition) is 1. The first-order valence-corrected chi connectivity index (χ1v) is 4.70. The Morgan fingerprint density at radius 3 is 2.79 bits per heavy atom. The van der Waals surface area contributed by atoms with Crippen LogP contribution in [-0.4, -0.2) is 6.54 Å². The topological polar surface area (TPSA) is 12.0 Å². The van der Waals surface area contributed by atoms with Crippen molar-refractivity contribution >= 4 is 40.4 Å². The highest BCUT2D eigenvalue weighted by molar-refractivity contribution is 14.0. The molecule has 0 spiro atoms. The van der Waals surface area contributed by atoms with E-state index < -0.39 is 0 Å². The highest BCUT2D eigenvalue weighted by Crippen LogP contribution is 2.29. The van der Waals surface area contributed by atoms with Crippen LogP contribution in [-0.2, 0) is 6.42 Å². The van der Waals surface area contributed by atoms with E-state index in [2.05, 4.69) is 41.7 Å². The number of fused-ring (bicyclic) bond motifs is 3. The Bertz CT molecular complexity index is 465. The van der Waals surface area contributed by atoms with Gasteiger partial charge in [-0.15, -0.1) is 24.0 Å². The molecular formula is C12H12IN. The van der Waals surface area contributed by atoms with Gasteiger partial charge in [0.05, 0.1) is 0 Å². The number of benzene rings is 2. The second-order valence-corrected chi connectivity index (χ2v) is 3.49. The van der Waals surface area contributed by atoms with E-state index in [4.69, 9.17) is 0 Å². The molecule has 14 heavy (non-hydrogen) atoms. The molecular weight excluding hydrogens is 285 g/mol. The van der Waals surface area contributed by atoms with Gasteiger partial charge in [-0.3, -0.25) is 0 Å². The van der Waals surface area contributed by atoms with Crippen LogP contribution in [0.3, 0.4) is 0 Å². The predicted molar refractivity (Wildman–Crippen MR) is 71.6 cm³/mol. The van der Waals surface area contributed by atoms with Crippen molar-refractivity contribution in [1.29, 1.82) is 0 Å². The molecule has 0 aromatic heterocycles. The Kier molecular flexibility index (Phi) is 2.63. The molecule has 0 amide bonds. The van der Waals surface area contributed by atoms with Crippen molar-refractivity contribution in [2.75, 3.05) is 11.9 Å². The van der Waals surface area contributed by atoms with Crippen LogP contribution < -0.4 is 5.32 Å². The zero-order valence-electron chi connectivity index (χ0n) is 7.79. The van der Waals surface area contributed by atoms with E-state index in [-0.39, 0.29) is 24.0 Å². The smallest absolute Gasteiger partial charge is 0.0379 e. The Morgan fingerprint density at radius 1 is 1.00 bits per heavy atom. The SMILES string of the molecule is I.c1ccc2c3c(ccc2c1)NCC3. The monoisotopic (exact) mass is 297 g/mol. The van der Waals surface area contributed by atoms with Crippen LogP contribution in [0.5, 0.6) is 0 Å². The van der Waals surface area contributed by atoms with Gasteiger partial charge in [-0.05, 0) is 28.8 Å². The minimum Gasteiger partial charge on any atom is -0.384 e. The lowest BCUT2D eigenvalue weighted by molar-refractivity contribution is 1.11. The first-order valence-electron chi connectivity index (χ1n) is 4.70. The molecule has 1 nitrogen and oxygen atoms in total. The summed E-state index contributed by atoms with van der Waals surface area (Å²) in [6.07, 6.45) is 1.16. The summed E-state index contributed by atoms with van der Waals surface area (Å²) in [5, 5.41) is 6.15. The maximum absolute atomic E-state index is 3.39. The van der Waals surface area contributed by atoms with Crippen LogP contribution in [0.25, 0.3) is 10.8 Å². The van der Waals surface area contributed by atoms with Gasteiger partial charge in [-0.2, -0.15) is 0 Å². The van der Waals surface area contributed by atoms with E-state index in [0.717, 1.165) is 13.0 Å². The quantitative estimate of drug-likeness (QED) is 0.735. The van der Waals surface area contributed by atoms with Gasteiger partial charge < -0.3 is 5.32 Å². The van der Waals surface area contributed by atoms with Gasteiger partial charge >= 0.3 is 0 Å². The summed E-state index contributed by atoms with van der Waals surface area (Å²) in [7, 11) is 0. The molecule has 0 bridgehead atoms. The third-order valence-electron chi connectivity index (χ3n) is 2.73. The van der Waals surface area contributed by atoms with Crippen molar-refractivity contribution in [3.63, 3.8) is 0 Å². The molecule has 0 saturated carbocycles. The first kappa shape index (κ1) is 9.77. The molecule has 0 unspecified atom stereocenters. The summed E-state index contributed by atoms with van der Waals surface area (Å²) in [5.74, 6) is 0. The average Bonchev–Trinajstić information content (AvgIpc) is 2.65. The Balaban J connectivity index is 0.000000750. The van der Waals surface area contributed by atoms with E-state index in [0.29, 0.717) is 0 Å². The van der Waals surface area contributed by atoms with Gasteiger partial charge in [-0.25, -0.2) is 0 Å². The molecule has 2 aromatic rings. The van der Waals surface area contributed by atoms with Crippen molar-refractivity contribution in [1.82, 2.24) is 0 Å². The number of anilines is 1. The third-order valence-corrected chi connectivity index (χ3v) is 2.73. The highest BCUT2D eigenvalue weighted by Gasteiger charge is 2.11. The maximum atomic E-state index is 3.39. The summed E-state index contributed by atoms with van der Waals surface area (Å²) < 4.78 is 0. The van der Waals surface area contributed by atoms with Crippen LogP contribution in [0.15, 0.2) is 36.4 Å².